The van der Waals surface area contributed by atoms with Crippen molar-refractivity contribution in [3.05, 3.63) is 11.6 Å². The lowest BCUT2D eigenvalue weighted by Gasteiger charge is -2.15. The van der Waals surface area contributed by atoms with Crippen molar-refractivity contribution in [1.82, 2.24) is 10.2 Å². The highest BCUT2D eigenvalue weighted by Gasteiger charge is 2.12. The van der Waals surface area contributed by atoms with Gasteiger partial charge in [-0.1, -0.05) is 11.6 Å². The molecule has 0 amide bonds. The van der Waals surface area contributed by atoms with Crippen LogP contribution in [0.1, 0.15) is 33.1 Å². The van der Waals surface area contributed by atoms with Crippen molar-refractivity contribution in [3.63, 3.8) is 0 Å². The molecule has 1 unspecified atom stereocenters. The summed E-state index contributed by atoms with van der Waals surface area (Å²) in [4.78, 5) is 2.43. The first-order valence-corrected chi connectivity index (χ1v) is 5.74. The summed E-state index contributed by atoms with van der Waals surface area (Å²) < 4.78 is 0. The van der Waals surface area contributed by atoms with Gasteiger partial charge in [0.2, 0.25) is 0 Å². The second kappa shape index (κ2) is 6.20. The zero-order chi connectivity index (χ0) is 10.4. The van der Waals surface area contributed by atoms with Crippen molar-refractivity contribution in [1.29, 1.82) is 0 Å². The summed E-state index contributed by atoms with van der Waals surface area (Å²) in [5.41, 5.74) is 1.41. The molecule has 1 N–H and O–H groups in total. The molecule has 82 valence electrons. The van der Waals surface area contributed by atoms with Gasteiger partial charge in [-0.2, -0.15) is 0 Å². The van der Waals surface area contributed by atoms with E-state index >= 15 is 0 Å². The molecule has 0 radical (unpaired) electrons. The fraction of sp³-hybridized carbons (Fsp3) is 0.833. The van der Waals surface area contributed by atoms with Crippen LogP contribution in [0.15, 0.2) is 11.6 Å². The number of hydrogen-bond acceptors (Lipinski definition) is 2. The predicted octanol–water partition coefficient (Wildman–Crippen LogP) is 2.03. The lowest BCUT2D eigenvalue weighted by atomic mass is 10.1. The van der Waals surface area contributed by atoms with E-state index in [1.54, 1.807) is 0 Å². The monoisotopic (exact) mass is 196 g/mol. The number of rotatable bonds is 3. The standard InChI is InChI=1S/C12H24N2/c1-11(2)6-8-13-12-5-4-9-14(3)10-7-12/h6,12-13H,4-5,7-10H2,1-3H3. The maximum atomic E-state index is 3.61. The molecule has 1 atom stereocenters. The maximum absolute atomic E-state index is 3.61. The van der Waals surface area contributed by atoms with Crippen molar-refractivity contribution >= 4 is 0 Å². The van der Waals surface area contributed by atoms with Gasteiger partial charge in [-0.15, -0.1) is 0 Å². The Kier molecular flexibility index (Phi) is 5.20. The topological polar surface area (TPSA) is 15.3 Å². The van der Waals surface area contributed by atoms with Crippen LogP contribution in [0.4, 0.5) is 0 Å². The van der Waals surface area contributed by atoms with Gasteiger partial charge < -0.3 is 10.2 Å². The van der Waals surface area contributed by atoms with E-state index in [-0.39, 0.29) is 0 Å². The number of likely N-dealkylation sites (tertiary alicyclic amines) is 1. The van der Waals surface area contributed by atoms with E-state index in [1.807, 2.05) is 0 Å². The first-order chi connectivity index (χ1) is 6.68. The molecule has 0 aromatic carbocycles. The van der Waals surface area contributed by atoms with Gasteiger partial charge >= 0.3 is 0 Å². The van der Waals surface area contributed by atoms with E-state index in [4.69, 9.17) is 0 Å². The molecule has 1 fully saturated rings. The van der Waals surface area contributed by atoms with E-state index in [0.29, 0.717) is 0 Å². The Balaban J connectivity index is 2.20. The number of nitrogens with one attached hydrogen (secondary N) is 1. The molecule has 1 saturated heterocycles. The minimum Gasteiger partial charge on any atom is -0.310 e. The molecule has 1 aliphatic heterocycles. The Bertz CT molecular complexity index is 183. The fourth-order valence-corrected chi connectivity index (χ4v) is 1.87. The van der Waals surface area contributed by atoms with Crippen molar-refractivity contribution < 1.29 is 0 Å². The number of nitrogens with zero attached hydrogens (tertiary/aromatic N) is 1. The van der Waals surface area contributed by atoms with Gasteiger partial charge in [-0.3, -0.25) is 0 Å². The minimum absolute atomic E-state index is 0.732. The zero-order valence-corrected chi connectivity index (χ0v) is 9.84. The van der Waals surface area contributed by atoms with Gasteiger partial charge in [0.15, 0.2) is 0 Å². The van der Waals surface area contributed by atoms with E-state index in [0.717, 1.165) is 12.6 Å². The molecule has 0 aliphatic carbocycles. The maximum Gasteiger partial charge on any atom is 0.0139 e. The third-order valence-electron chi connectivity index (χ3n) is 2.87. The van der Waals surface area contributed by atoms with E-state index < -0.39 is 0 Å². The molecule has 2 nitrogen and oxygen atoms in total. The van der Waals surface area contributed by atoms with Crippen LogP contribution in [0.2, 0.25) is 0 Å². The first kappa shape index (κ1) is 11.7. The number of allylic oxidation sites excluding steroid dienone is 1. The Morgan fingerprint density at radius 1 is 1.36 bits per heavy atom. The largest absolute Gasteiger partial charge is 0.310 e. The minimum atomic E-state index is 0.732. The van der Waals surface area contributed by atoms with E-state index in [2.05, 4.69) is 37.2 Å². The first-order valence-electron chi connectivity index (χ1n) is 5.74. The molecule has 2 heteroatoms. The second-order valence-electron chi connectivity index (χ2n) is 4.62. The molecule has 0 spiro atoms. The van der Waals surface area contributed by atoms with Gasteiger partial charge in [-0.25, -0.2) is 0 Å². The summed E-state index contributed by atoms with van der Waals surface area (Å²) in [5.74, 6) is 0. The summed E-state index contributed by atoms with van der Waals surface area (Å²) in [5, 5.41) is 3.61. The van der Waals surface area contributed by atoms with Crippen LogP contribution in [0.5, 0.6) is 0 Å². The van der Waals surface area contributed by atoms with Gasteiger partial charge in [0, 0.05) is 12.6 Å². The molecule has 14 heavy (non-hydrogen) atoms. The van der Waals surface area contributed by atoms with Crippen LogP contribution in [-0.4, -0.2) is 37.6 Å². The molecular formula is C12H24N2. The average molecular weight is 196 g/mol. The molecule has 1 heterocycles. The highest BCUT2D eigenvalue weighted by atomic mass is 15.1. The predicted molar refractivity (Wildman–Crippen MR) is 62.6 cm³/mol. The van der Waals surface area contributed by atoms with Crippen LogP contribution in [-0.2, 0) is 0 Å². The van der Waals surface area contributed by atoms with Gasteiger partial charge in [0.25, 0.3) is 0 Å². The Hall–Kier alpha value is -0.340. The van der Waals surface area contributed by atoms with Crippen LogP contribution in [0, 0.1) is 0 Å². The Morgan fingerprint density at radius 3 is 2.86 bits per heavy atom. The van der Waals surface area contributed by atoms with Gasteiger partial charge in [0.1, 0.15) is 0 Å². The fourth-order valence-electron chi connectivity index (χ4n) is 1.87. The highest BCUT2D eigenvalue weighted by molar-refractivity contribution is 4.95. The van der Waals surface area contributed by atoms with Crippen LogP contribution >= 0.6 is 0 Å². The van der Waals surface area contributed by atoms with Crippen molar-refractivity contribution in [3.8, 4) is 0 Å². The molecule has 0 saturated carbocycles. The molecule has 1 rings (SSSR count). The van der Waals surface area contributed by atoms with Crippen LogP contribution in [0.25, 0.3) is 0 Å². The van der Waals surface area contributed by atoms with Crippen LogP contribution in [0.3, 0.4) is 0 Å². The van der Waals surface area contributed by atoms with Crippen molar-refractivity contribution in [2.45, 2.75) is 39.2 Å². The van der Waals surface area contributed by atoms with Gasteiger partial charge in [0.05, 0.1) is 0 Å². The molecular weight excluding hydrogens is 172 g/mol. The quantitative estimate of drug-likeness (QED) is 0.695. The highest BCUT2D eigenvalue weighted by Crippen LogP contribution is 2.09. The van der Waals surface area contributed by atoms with Gasteiger partial charge in [-0.05, 0) is 53.2 Å². The normalized spacial score (nSPS) is 24.4. The van der Waals surface area contributed by atoms with Crippen molar-refractivity contribution in [2.75, 3.05) is 26.7 Å². The lowest BCUT2D eigenvalue weighted by Crippen LogP contribution is -2.30. The molecule has 1 aliphatic rings. The summed E-state index contributed by atoms with van der Waals surface area (Å²) in [6.45, 7) is 7.86. The Morgan fingerprint density at radius 2 is 2.14 bits per heavy atom. The lowest BCUT2D eigenvalue weighted by molar-refractivity contribution is 0.344. The molecule has 0 aromatic rings. The third-order valence-corrected chi connectivity index (χ3v) is 2.87. The molecule has 0 bridgehead atoms. The van der Waals surface area contributed by atoms with Crippen molar-refractivity contribution in [2.24, 2.45) is 0 Å². The SMILES string of the molecule is CC(C)=CCNC1CCCN(C)CC1. The third kappa shape index (κ3) is 4.77. The summed E-state index contributed by atoms with van der Waals surface area (Å²) in [6, 6.07) is 0.732. The summed E-state index contributed by atoms with van der Waals surface area (Å²) in [7, 11) is 2.22. The Labute approximate surface area is 88.4 Å². The summed E-state index contributed by atoms with van der Waals surface area (Å²) >= 11 is 0. The average Bonchev–Trinajstić information content (AvgIpc) is 2.30. The van der Waals surface area contributed by atoms with E-state index in [9.17, 15) is 0 Å². The summed E-state index contributed by atoms with van der Waals surface area (Å²) in [6.07, 6.45) is 6.24. The second-order valence-corrected chi connectivity index (χ2v) is 4.62. The smallest absolute Gasteiger partial charge is 0.0139 e. The number of hydrogen-bond donors (Lipinski definition) is 1. The zero-order valence-electron chi connectivity index (χ0n) is 9.84. The molecule has 0 aromatic heterocycles. The van der Waals surface area contributed by atoms with E-state index in [1.165, 1.54) is 37.9 Å². The van der Waals surface area contributed by atoms with Crippen LogP contribution < -0.4 is 5.32 Å².